The van der Waals surface area contributed by atoms with Crippen molar-refractivity contribution in [3.8, 4) is 0 Å². The molecule has 0 radical (unpaired) electrons. The molecule has 0 aromatic heterocycles. The quantitative estimate of drug-likeness (QED) is 0.0620. The van der Waals surface area contributed by atoms with Crippen molar-refractivity contribution in [3.63, 3.8) is 0 Å². The zero-order valence-corrected chi connectivity index (χ0v) is 41.0. The van der Waals surface area contributed by atoms with Crippen LogP contribution in [0.5, 0.6) is 0 Å². The lowest BCUT2D eigenvalue weighted by molar-refractivity contribution is -0.388. The SMILES string of the molecule is CCC(CCCC(OCCOCCOC)(OCCOCCOC)OCCOCCOC)C(=O)C(CC)CCCC(OCCOCCOC)(OCCOCCOC)OCCOCCOC. The first-order chi connectivity index (χ1) is 31.4. The molecule has 2 atom stereocenters. The molecular weight excluding hydrogens is 844 g/mol. The van der Waals surface area contributed by atoms with Crippen LogP contribution in [-0.4, -0.2) is 219 Å². The minimum atomic E-state index is -1.41. The molecule has 0 spiro atoms. The van der Waals surface area contributed by atoms with Gasteiger partial charge in [-0.1, -0.05) is 13.8 Å². The third-order valence-corrected chi connectivity index (χ3v) is 9.75. The largest absolute Gasteiger partial charge is 0.382 e. The standard InChI is InChI=1S/C45H90O19/c1-9-41(13-11-15-44(59-35-29-53-23-17-47-3,60-36-30-54-24-18-48-4)61-37-31-55-25-19-49-5)43(46)42(10-2)14-12-16-45(62-38-32-56-26-20-50-6,63-39-33-57-27-21-51-7)64-40-34-58-28-22-52-8/h41-42H,9-40H2,1-8H3. The molecular formula is C45H90O19. The highest BCUT2D eigenvalue weighted by molar-refractivity contribution is 5.83. The third-order valence-electron chi connectivity index (χ3n) is 9.75. The number of carbonyl (C=O) groups is 1. The summed E-state index contributed by atoms with van der Waals surface area (Å²) in [6.45, 7) is 12.7. The fourth-order valence-corrected chi connectivity index (χ4v) is 6.24. The zero-order valence-electron chi connectivity index (χ0n) is 41.0. The molecule has 2 unspecified atom stereocenters. The second-order valence-corrected chi connectivity index (χ2v) is 14.5. The lowest BCUT2D eigenvalue weighted by Crippen LogP contribution is -2.42. The minimum absolute atomic E-state index is 0.180. The average Bonchev–Trinajstić information content (AvgIpc) is 3.30. The van der Waals surface area contributed by atoms with Crippen molar-refractivity contribution in [2.75, 3.05) is 201 Å². The van der Waals surface area contributed by atoms with Crippen molar-refractivity contribution >= 4 is 5.78 Å². The Labute approximate surface area is 385 Å². The van der Waals surface area contributed by atoms with Crippen LogP contribution in [0, 0.1) is 11.8 Å². The Balaban J connectivity index is 5.94. The fourth-order valence-electron chi connectivity index (χ4n) is 6.24. The van der Waals surface area contributed by atoms with E-state index in [0.717, 1.165) is 0 Å². The van der Waals surface area contributed by atoms with Gasteiger partial charge in [0.25, 0.3) is 11.9 Å². The summed E-state index contributed by atoms with van der Waals surface area (Å²) in [5, 5.41) is 0. The van der Waals surface area contributed by atoms with Gasteiger partial charge in [0.1, 0.15) is 5.78 Å². The molecule has 0 aromatic rings. The van der Waals surface area contributed by atoms with Crippen LogP contribution in [0.2, 0.25) is 0 Å². The van der Waals surface area contributed by atoms with Gasteiger partial charge >= 0.3 is 0 Å². The molecule has 19 nitrogen and oxygen atoms in total. The highest BCUT2D eigenvalue weighted by Crippen LogP contribution is 2.30. The molecule has 0 bridgehead atoms. The summed E-state index contributed by atoms with van der Waals surface area (Å²) < 4.78 is 103. The van der Waals surface area contributed by atoms with Gasteiger partial charge in [-0.05, 0) is 38.5 Å². The van der Waals surface area contributed by atoms with E-state index in [2.05, 4.69) is 13.8 Å². The maximum Gasteiger partial charge on any atom is 0.283 e. The van der Waals surface area contributed by atoms with E-state index in [-0.39, 0.29) is 57.3 Å². The van der Waals surface area contributed by atoms with Gasteiger partial charge in [-0.25, -0.2) is 0 Å². The molecule has 0 fully saturated rings. The van der Waals surface area contributed by atoms with E-state index in [1.54, 1.807) is 42.7 Å². The summed E-state index contributed by atoms with van der Waals surface area (Å²) in [4.78, 5) is 14.3. The first-order valence-corrected chi connectivity index (χ1v) is 23.1. The summed E-state index contributed by atoms with van der Waals surface area (Å²) in [6.07, 6.45) is 4.56. The number of ether oxygens (including phenoxy) is 18. The van der Waals surface area contributed by atoms with Gasteiger partial charge in [0.15, 0.2) is 0 Å². The maximum absolute atomic E-state index is 14.3. The van der Waals surface area contributed by atoms with Crippen LogP contribution in [0.4, 0.5) is 0 Å². The number of carbonyl (C=O) groups excluding carboxylic acids is 1. The normalized spacial score (nSPS) is 13.2. The summed E-state index contributed by atoms with van der Waals surface area (Å²) in [5.74, 6) is -2.96. The van der Waals surface area contributed by atoms with E-state index in [1.165, 1.54) is 0 Å². The number of hydrogen-bond acceptors (Lipinski definition) is 19. The first-order valence-electron chi connectivity index (χ1n) is 23.1. The van der Waals surface area contributed by atoms with Crippen LogP contribution in [0.1, 0.15) is 65.2 Å². The van der Waals surface area contributed by atoms with Crippen LogP contribution < -0.4 is 0 Å². The molecule has 0 N–H and O–H groups in total. The molecule has 0 aliphatic carbocycles. The second kappa shape index (κ2) is 47.0. The van der Waals surface area contributed by atoms with Crippen molar-refractivity contribution in [3.05, 3.63) is 0 Å². The molecule has 0 heterocycles. The van der Waals surface area contributed by atoms with Gasteiger partial charge in [-0.3, -0.25) is 4.79 Å². The van der Waals surface area contributed by atoms with Crippen LogP contribution in [-0.2, 0) is 90.1 Å². The van der Waals surface area contributed by atoms with E-state index in [0.29, 0.717) is 170 Å². The topological polar surface area (TPSA) is 183 Å². The molecule has 19 heteroatoms. The molecule has 0 aromatic carbocycles. The van der Waals surface area contributed by atoms with E-state index < -0.39 is 11.9 Å². The van der Waals surface area contributed by atoms with Gasteiger partial charge in [0.2, 0.25) is 0 Å². The van der Waals surface area contributed by atoms with E-state index in [4.69, 9.17) is 85.3 Å². The molecule has 384 valence electrons. The van der Waals surface area contributed by atoms with E-state index in [1.807, 2.05) is 0 Å². The summed E-state index contributed by atoms with van der Waals surface area (Å²) in [6, 6.07) is 0. The van der Waals surface area contributed by atoms with Gasteiger partial charge in [-0.2, -0.15) is 0 Å². The van der Waals surface area contributed by atoms with Crippen LogP contribution in [0.25, 0.3) is 0 Å². The Morgan fingerprint density at radius 3 is 0.719 bits per heavy atom. The lowest BCUT2D eigenvalue weighted by Gasteiger charge is -2.34. The maximum atomic E-state index is 14.3. The van der Waals surface area contributed by atoms with Crippen LogP contribution in [0.3, 0.4) is 0 Å². The van der Waals surface area contributed by atoms with Gasteiger partial charge in [-0.15, -0.1) is 0 Å². The number of methoxy groups -OCH3 is 6. The number of Topliss-reactive ketones (excluding diaryl/α,β-unsaturated/α-hetero) is 1. The fraction of sp³-hybridized carbons (Fsp3) is 0.978. The summed E-state index contributed by atoms with van der Waals surface area (Å²) >= 11 is 0. The third kappa shape index (κ3) is 35.1. The van der Waals surface area contributed by atoms with Crippen LogP contribution in [0.15, 0.2) is 0 Å². The van der Waals surface area contributed by atoms with Gasteiger partial charge in [0, 0.05) is 67.3 Å². The monoisotopic (exact) mass is 935 g/mol. The number of ketones is 1. The second-order valence-electron chi connectivity index (χ2n) is 14.5. The lowest BCUT2D eigenvalue weighted by atomic mass is 9.83. The smallest absolute Gasteiger partial charge is 0.283 e. The van der Waals surface area contributed by atoms with E-state index >= 15 is 0 Å². The molecule has 0 amide bonds. The predicted molar refractivity (Wildman–Crippen MR) is 238 cm³/mol. The molecule has 0 saturated carbocycles. The Bertz CT molecular complexity index is 814. The Hall–Kier alpha value is -1.05. The first kappa shape index (κ1) is 63.0. The summed E-state index contributed by atoms with van der Waals surface area (Å²) in [7, 11) is 9.74. The van der Waals surface area contributed by atoms with Crippen molar-refractivity contribution in [2.24, 2.45) is 11.8 Å². The Morgan fingerprint density at radius 2 is 0.531 bits per heavy atom. The zero-order chi connectivity index (χ0) is 47.1. The van der Waals surface area contributed by atoms with E-state index in [9.17, 15) is 4.79 Å². The van der Waals surface area contributed by atoms with Crippen molar-refractivity contribution in [1.82, 2.24) is 0 Å². The summed E-state index contributed by atoms with van der Waals surface area (Å²) in [5.41, 5.74) is 0. The van der Waals surface area contributed by atoms with Crippen molar-refractivity contribution < 1.29 is 90.1 Å². The predicted octanol–water partition coefficient (Wildman–Crippen LogP) is 4.33. The molecule has 64 heavy (non-hydrogen) atoms. The van der Waals surface area contributed by atoms with Crippen molar-refractivity contribution in [2.45, 2.75) is 77.2 Å². The number of rotatable bonds is 54. The van der Waals surface area contributed by atoms with Crippen molar-refractivity contribution in [1.29, 1.82) is 0 Å². The molecule has 0 rings (SSSR count). The van der Waals surface area contributed by atoms with Gasteiger partial charge < -0.3 is 85.3 Å². The Morgan fingerprint density at radius 1 is 0.328 bits per heavy atom. The average molecular weight is 935 g/mol. The van der Waals surface area contributed by atoms with Crippen LogP contribution >= 0.6 is 0 Å². The molecule has 0 aliphatic rings. The molecule has 0 saturated heterocycles. The highest BCUT2D eigenvalue weighted by atomic mass is 16.9. The Kier molecular flexibility index (Phi) is 46.3. The van der Waals surface area contributed by atoms with Gasteiger partial charge in [0.05, 0.1) is 159 Å². The number of hydrogen-bond donors (Lipinski definition) is 0. The highest BCUT2D eigenvalue weighted by Gasteiger charge is 2.36. The molecule has 0 aliphatic heterocycles. The minimum Gasteiger partial charge on any atom is -0.382 e.